The number of benzene rings is 1. The maximum Gasteiger partial charge on any atom is 0.174 e. The number of phenolic OH excluding ortho intramolecular Hbond substituents is 1. The van der Waals surface area contributed by atoms with Crippen LogP contribution in [-0.4, -0.2) is 20.1 Å². The number of hydrogen-bond donors (Lipinski definition) is 2. The van der Waals surface area contributed by atoms with Crippen LogP contribution in [0.1, 0.15) is 18.9 Å². The molecule has 0 unspecified atom stereocenters. The summed E-state index contributed by atoms with van der Waals surface area (Å²) in [4.78, 5) is 0. The van der Waals surface area contributed by atoms with Crippen molar-refractivity contribution in [2.75, 3.05) is 5.73 Å². The van der Waals surface area contributed by atoms with E-state index in [4.69, 9.17) is 5.73 Å². The Labute approximate surface area is 92.5 Å². The molecular formula is C11H12N4O. The first kappa shape index (κ1) is 9.21. The number of hydrogen-bond acceptors (Lipinski definition) is 4. The highest BCUT2D eigenvalue weighted by Gasteiger charge is 2.29. The molecule has 0 atom stereocenters. The van der Waals surface area contributed by atoms with Crippen molar-refractivity contribution in [2.24, 2.45) is 0 Å². The normalized spacial score (nSPS) is 15.2. The molecule has 3 rings (SSSR count). The molecule has 82 valence electrons. The van der Waals surface area contributed by atoms with Gasteiger partial charge in [-0.3, -0.25) is 0 Å². The van der Waals surface area contributed by atoms with Crippen LogP contribution in [0.15, 0.2) is 24.3 Å². The van der Waals surface area contributed by atoms with Gasteiger partial charge < -0.3 is 10.8 Å². The standard InChI is InChI=1S/C11H12N4O/c12-11-10(8-3-1-2-4-9(8)16)15(14-13-11)7-5-6-7/h1-4,7,16H,5-6,12H2. The molecule has 1 aliphatic rings. The highest BCUT2D eigenvalue weighted by molar-refractivity contribution is 5.75. The Kier molecular flexibility index (Phi) is 1.86. The van der Waals surface area contributed by atoms with Crippen molar-refractivity contribution in [3.05, 3.63) is 24.3 Å². The van der Waals surface area contributed by atoms with Gasteiger partial charge in [-0.05, 0) is 25.0 Å². The monoisotopic (exact) mass is 216 g/mol. The summed E-state index contributed by atoms with van der Waals surface area (Å²) in [5, 5.41) is 17.7. The summed E-state index contributed by atoms with van der Waals surface area (Å²) in [6.45, 7) is 0. The molecule has 2 aromatic rings. The van der Waals surface area contributed by atoms with Crippen LogP contribution >= 0.6 is 0 Å². The minimum absolute atomic E-state index is 0.207. The van der Waals surface area contributed by atoms with Crippen molar-refractivity contribution in [1.29, 1.82) is 0 Å². The second kappa shape index (κ2) is 3.23. The number of rotatable bonds is 2. The summed E-state index contributed by atoms with van der Waals surface area (Å²) in [7, 11) is 0. The molecule has 0 bridgehead atoms. The Bertz CT molecular complexity index is 531. The fourth-order valence-corrected chi connectivity index (χ4v) is 1.82. The van der Waals surface area contributed by atoms with Crippen molar-refractivity contribution in [3.8, 4) is 17.0 Å². The minimum Gasteiger partial charge on any atom is -0.507 e. The largest absolute Gasteiger partial charge is 0.507 e. The van der Waals surface area contributed by atoms with Crippen molar-refractivity contribution >= 4 is 5.82 Å². The first-order chi connectivity index (χ1) is 7.77. The van der Waals surface area contributed by atoms with Crippen LogP contribution in [0.25, 0.3) is 11.3 Å². The number of nitrogen functional groups attached to an aromatic ring is 1. The topological polar surface area (TPSA) is 77.0 Å². The van der Waals surface area contributed by atoms with E-state index in [1.54, 1.807) is 12.1 Å². The highest BCUT2D eigenvalue weighted by atomic mass is 16.3. The van der Waals surface area contributed by atoms with Gasteiger partial charge in [0.15, 0.2) is 5.82 Å². The zero-order valence-corrected chi connectivity index (χ0v) is 8.67. The molecule has 0 radical (unpaired) electrons. The maximum atomic E-state index is 9.81. The summed E-state index contributed by atoms with van der Waals surface area (Å²) in [6, 6.07) is 7.49. The lowest BCUT2D eigenvalue weighted by atomic mass is 10.1. The van der Waals surface area contributed by atoms with Crippen molar-refractivity contribution in [2.45, 2.75) is 18.9 Å². The van der Waals surface area contributed by atoms with E-state index < -0.39 is 0 Å². The number of nitrogens with zero attached hydrogens (tertiary/aromatic N) is 3. The molecule has 1 aliphatic carbocycles. The second-order valence-electron chi connectivity index (χ2n) is 4.02. The van der Waals surface area contributed by atoms with Crippen molar-refractivity contribution in [1.82, 2.24) is 15.0 Å². The Morgan fingerprint density at radius 3 is 2.75 bits per heavy atom. The van der Waals surface area contributed by atoms with Crippen LogP contribution in [0, 0.1) is 0 Å². The number of nitrogens with two attached hydrogens (primary N) is 1. The van der Waals surface area contributed by atoms with Gasteiger partial charge >= 0.3 is 0 Å². The predicted octanol–water partition coefficient (Wildman–Crippen LogP) is 1.57. The van der Waals surface area contributed by atoms with E-state index in [1.165, 1.54) is 0 Å². The number of para-hydroxylation sites is 1. The third kappa shape index (κ3) is 1.32. The van der Waals surface area contributed by atoms with Crippen LogP contribution in [0.4, 0.5) is 5.82 Å². The minimum atomic E-state index is 0.207. The third-order valence-electron chi connectivity index (χ3n) is 2.77. The molecule has 3 N–H and O–H groups in total. The van der Waals surface area contributed by atoms with Crippen LogP contribution in [0.2, 0.25) is 0 Å². The molecule has 1 heterocycles. The zero-order chi connectivity index (χ0) is 11.1. The van der Waals surface area contributed by atoms with Crippen LogP contribution in [0.3, 0.4) is 0 Å². The van der Waals surface area contributed by atoms with E-state index in [9.17, 15) is 5.11 Å². The van der Waals surface area contributed by atoms with Gasteiger partial charge in [-0.2, -0.15) is 0 Å². The van der Waals surface area contributed by atoms with Gasteiger partial charge in [0.2, 0.25) is 0 Å². The predicted molar refractivity (Wildman–Crippen MR) is 59.8 cm³/mol. The molecule has 5 nitrogen and oxygen atoms in total. The van der Waals surface area contributed by atoms with Gasteiger partial charge in [0.1, 0.15) is 11.4 Å². The molecule has 5 heteroatoms. The quantitative estimate of drug-likeness (QED) is 0.798. The highest BCUT2D eigenvalue weighted by Crippen LogP contribution is 2.40. The van der Waals surface area contributed by atoms with Crippen LogP contribution < -0.4 is 5.73 Å². The number of aromatic nitrogens is 3. The average molecular weight is 216 g/mol. The van der Waals surface area contributed by atoms with Gasteiger partial charge in [0, 0.05) is 5.56 Å². The fraction of sp³-hybridized carbons (Fsp3) is 0.273. The molecule has 0 amide bonds. The lowest BCUT2D eigenvalue weighted by Crippen LogP contribution is -2.00. The van der Waals surface area contributed by atoms with E-state index in [2.05, 4.69) is 10.3 Å². The summed E-state index contributed by atoms with van der Waals surface area (Å²) >= 11 is 0. The Morgan fingerprint density at radius 1 is 1.31 bits per heavy atom. The summed E-state index contributed by atoms with van der Waals surface area (Å²) < 4.78 is 1.81. The molecule has 0 saturated heterocycles. The smallest absolute Gasteiger partial charge is 0.174 e. The van der Waals surface area contributed by atoms with E-state index in [0.29, 0.717) is 17.4 Å². The summed E-state index contributed by atoms with van der Waals surface area (Å²) in [5.74, 6) is 0.576. The van der Waals surface area contributed by atoms with Gasteiger partial charge in [-0.15, -0.1) is 5.10 Å². The second-order valence-corrected chi connectivity index (χ2v) is 4.02. The Morgan fingerprint density at radius 2 is 2.06 bits per heavy atom. The zero-order valence-electron chi connectivity index (χ0n) is 8.67. The van der Waals surface area contributed by atoms with Gasteiger partial charge in [0.25, 0.3) is 0 Å². The van der Waals surface area contributed by atoms with E-state index in [-0.39, 0.29) is 5.75 Å². The van der Waals surface area contributed by atoms with Gasteiger partial charge in [-0.25, -0.2) is 4.68 Å². The SMILES string of the molecule is Nc1nnn(C2CC2)c1-c1ccccc1O. The lowest BCUT2D eigenvalue weighted by molar-refractivity contribution is 0.476. The van der Waals surface area contributed by atoms with E-state index in [0.717, 1.165) is 18.5 Å². The fourth-order valence-electron chi connectivity index (χ4n) is 1.82. The molecule has 16 heavy (non-hydrogen) atoms. The van der Waals surface area contributed by atoms with Crippen LogP contribution in [0.5, 0.6) is 5.75 Å². The molecular weight excluding hydrogens is 204 g/mol. The van der Waals surface area contributed by atoms with Crippen LogP contribution in [-0.2, 0) is 0 Å². The third-order valence-corrected chi connectivity index (χ3v) is 2.77. The first-order valence-corrected chi connectivity index (χ1v) is 5.26. The summed E-state index contributed by atoms with van der Waals surface area (Å²) in [5.41, 5.74) is 7.22. The molecule has 1 aromatic carbocycles. The molecule has 1 saturated carbocycles. The Hall–Kier alpha value is -2.04. The van der Waals surface area contributed by atoms with Gasteiger partial charge in [0.05, 0.1) is 6.04 Å². The molecule has 0 spiro atoms. The van der Waals surface area contributed by atoms with E-state index in [1.807, 2.05) is 16.8 Å². The Balaban J connectivity index is 2.18. The average Bonchev–Trinajstić information content (AvgIpc) is 3.04. The first-order valence-electron chi connectivity index (χ1n) is 5.26. The van der Waals surface area contributed by atoms with Crippen molar-refractivity contribution < 1.29 is 5.11 Å². The summed E-state index contributed by atoms with van der Waals surface area (Å²) in [6.07, 6.45) is 2.20. The van der Waals surface area contributed by atoms with Gasteiger partial charge in [-0.1, -0.05) is 17.3 Å². The maximum absolute atomic E-state index is 9.81. The number of aromatic hydroxyl groups is 1. The number of anilines is 1. The molecule has 0 aliphatic heterocycles. The van der Waals surface area contributed by atoms with Crippen molar-refractivity contribution in [3.63, 3.8) is 0 Å². The molecule has 1 fully saturated rings. The number of phenols is 1. The van der Waals surface area contributed by atoms with E-state index >= 15 is 0 Å². The lowest BCUT2D eigenvalue weighted by Gasteiger charge is -2.07. The molecule has 1 aromatic heterocycles.